The van der Waals surface area contributed by atoms with Crippen molar-refractivity contribution < 1.29 is 4.39 Å². The minimum Gasteiger partial charge on any atom is -0.378 e. The van der Waals surface area contributed by atoms with E-state index in [1.165, 1.54) is 16.8 Å². The zero-order valence-electron chi connectivity index (χ0n) is 18.6. The lowest BCUT2D eigenvalue weighted by Crippen LogP contribution is -2.51. The van der Waals surface area contributed by atoms with Gasteiger partial charge in [-0.3, -0.25) is 14.9 Å². The Morgan fingerprint density at radius 1 is 1.06 bits per heavy atom. The highest BCUT2D eigenvalue weighted by atomic mass is 19.1. The van der Waals surface area contributed by atoms with E-state index in [1.807, 2.05) is 0 Å². The first-order valence-electron chi connectivity index (χ1n) is 11.5. The second-order valence-corrected chi connectivity index (χ2v) is 9.44. The van der Waals surface area contributed by atoms with Crippen molar-refractivity contribution in [3.8, 4) is 0 Å². The van der Waals surface area contributed by atoms with Gasteiger partial charge in [-0.25, -0.2) is 4.39 Å². The van der Waals surface area contributed by atoms with Crippen molar-refractivity contribution in [1.82, 2.24) is 20.2 Å². The van der Waals surface area contributed by atoms with Crippen LogP contribution in [0.4, 0.5) is 15.8 Å². The SMILES string of the molecule is Cc1ccc(N2CC(C)N3Cc4cc(NC5CNCC5F)ccc4C3C2)c2nccnc12. The van der Waals surface area contributed by atoms with Crippen LogP contribution in [0.2, 0.25) is 0 Å². The fraction of sp³-hybridized carbons (Fsp3) is 0.440. The van der Waals surface area contributed by atoms with Crippen molar-refractivity contribution in [2.24, 2.45) is 0 Å². The summed E-state index contributed by atoms with van der Waals surface area (Å²) in [6.45, 7) is 8.34. The molecule has 0 aliphatic carbocycles. The fourth-order valence-electron chi connectivity index (χ4n) is 5.65. The molecule has 0 saturated carbocycles. The number of benzene rings is 2. The van der Waals surface area contributed by atoms with Crippen molar-refractivity contribution in [1.29, 1.82) is 0 Å². The summed E-state index contributed by atoms with van der Waals surface area (Å²) in [4.78, 5) is 14.3. The van der Waals surface area contributed by atoms with Crippen molar-refractivity contribution >= 4 is 22.4 Å². The van der Waals surface area contributed by atoms with Crippen LogP contribution >= 0.6 is 0 Å². The van der Waals surface area contributed by atoms with Gasteiger partial charge in [0, 0.05) is 56.8 Å². The predicted molar refractivity (Wildman–Crippen MR) is 126 cm³/mol. The Bertz CT molecular complexity index is 1170. The Hall–Kier alpha value is -2.77. The van der Waals surface area contributed by atoms with Crippen molar-refractivity contribution in [2.75, 3.05) is 36.4 Å². The summed E-state index contributed by atoms with van der Waals surface area (Å²) in [5.41, 5.74) is 8.04. The van der Waals surface area contributed by atoms with Crippen LogP contribution in [0, 0.1) is 6.92 Å². The van der Waals surface area contributed by atoms with Crippen LogP contribution in [-0.4, -0.2) is 59.3 Å². The molecule has 166 valence electrons. The normalized spacial score (nSPS) is 27.5. The second kappa shape index (κ2) is 7.67. The van der Waals surface area contributed by atoms with Crippen molar-refractivity contribution in [3.05, 3.63) is 59.4 Å². The standard InChI is InChI=1S/C25H29FN6/c1-15-3-6-22(25-24(15)28-7-8-29-25)31-12-16(2)32-13-17-9-18(4-5-19(17)23(32)14-31)30-21-11-27-10-20(21)26/h3-9,16,20-21,23,27,30H,10-14H2,1-2H3. The Morgan fingerprint density at radius 3 is 2.72 bits per heavy atom. The van der Waals surface area contributed by atoms with Crippen LogP contribution in [0.1, 0.15) is 29.7 Å². The van der Waals surface area contributed by atoms with E-state index in [2.05, 4.69) is 74.6 Å². The van der Waals surface area contributed by atoms with Gasteiger partial charge < -0.3 is 15.5 Å². The summed E-state index contributed by atoms with van der Waals surface area (Å²) in [5, 5.41) is 6.51. The zero-order chi connectivity index (χ0) is 21.8. The molecule has 0 bridgehead atoms. The summed E-state index contributed by atoms with van der Waals surface area (Å²) >= 11 is 0. The molecule has 6 nitrogen and oxygen atoms in total. The zero-order valence-corrected chi connectivity index (χ0v) is 18.6. The van der Waals surface area contributed by atoms with E-state index in [1.54, 1.807) is 12.4 Å². The predicted octanol–water partition coefficient (Wildman–Crippen LogP) is 3.43. The molecule has 2 saturated heterocycles. The molecule has 0 amide bonds. The van der Waals surface area contributed by atoms with Gasteiger partial charge in [-0.1, -0.05) is 12.1 Å². The van der Waals surface area contributed by atoms with E-state index < -0.39 is 6.17 Å². The number of halogens is 1. The van der Waals surface area contributed by atoms with Gasteiger partial charge in [0.15, 0.2) is 0 Å². The summed E-state index contributed by atoms with van der Waals surface area (Å²) in [6.07, 6.45) is 2.72. The van der Waals surface area contributed by atoms with Gasteiger partial charge in [-0.2, -0.15) is 0 Å². The topological polar surface area (TPSA) is 56.3 Å². The van der Waals surface area contributed by atoms with E-state index >= 15 is 0 Å². The first-order chi connectivity index (χ1) is 15.6. The number of piperazine rings is 1. The van der Waals surface area contributed by atoms with Gasteiger partial charge >= 0.3 is 0 Å². The smallest absolute Gasteiger partial charge is 0.134 e. The minimum atomic E-state index is -0.837. The maximum Gasteiger partial charge on any atom is 0.134 e. The number of hydrogen-bond donors (Lipinski definition) is 2. The number of aromatic nitrogens is 2. The highest BCUT2D eigenvalue weighted by molar-refractivity contribution is 5.90. The molecule has 4 heterocycles. The highest BCUT2D eigenvalue weighted by Gasteiger charge is 2.39. The van der Waals surface area contributed by atoms with Crippen LogP contribution in [0.25, 0.3) is 11.0 Å². The maximum atomic E-state index is 14.0. The molecule has 0 radical (unpaired) electrons. The van der Waals surface area contributed by atoms with Crippen LogP contribution in [-0.2, 0) is 6.54 Å². The molecule has 0 spiro atoms. The molecule has 4 unspecified atom stereocenters. The van der Waals surface area contributed by atoms with E-state index in [4.69, 9.17) is 0 Å². The Balaban J connectivity index is 1.29. The van der Waals surface area contributed by atoms with E-state index in [0.29, 0.717) is 25.2 Å². The molecule has 32 heavy (non-hydrogen) atoms. The monoisotopic (exact) mass is 432 g/mol. The third kappa shape index (κ3) is 3.22. The molecular weight excluding hydrogens is 403 g/mol. The van der Waals surface area contributed by atoms with Gasteiger partial charge in [-0.05, 0) is 48.7 Å². The number of fused-ring (bicyclic) bond motifs is 4. The molecule has 3 aliphatic rings. The van der Waals surface area contributed by atoms with E-state index in [9.17, 15) is 4.39 Å². The fourth-order valence-corrected chi connectivity index (χ4v) is 5.65. The molecule has 7 heteroatoms. The summed E-state index contributed by atoms with van der Waals surface area (Å²) in [6, 6.07) is 11.5. The van der Waals surface area contributed by atoms with Gasteiger partial charge in [-0.15, -0.1) is 0 Å². The Labute approximate surface area is 187 Å². The highest BCUT2D eigenvalue weighted by Crippen LogP contribution is 2.41. The quantitative estimate of drug-likeness (QED) is 0.662. The Morgan fingerprint density at radius 2 is 1.91 bits per heavy atom. The minimum absolute atomic E-state index is 0.151. The molecule has 1 aromatic heterocycles. The first kappa shape index (κ1) is 19.9. The van der Waals surface area contributed by atoms with Crippen LogP contribution < -0.4 is 15.5 Å². The molecule has 4 atom stereocenters. The van der Waals surface area contributed by atoms with E-state index in [0.717, 1.165) is 41.9 Å². The lowest BCUT2D eigenvalue weighted by Gasteiger charge is -2.43. The number of rotatable bonds is 3. The van der Waals surface area contributed by atoms with Crippen molar-refractivity contribution in [2.45, 2.75) is 44.7 Å². The lowest BCUT2D eigenvalue weighted by atomic mass is 10.00. The van der Waals surface area contributed by atoms with Crippen molar-refractivity contribution in [3.63, 3.8) is 0 Å². The van der Waals surface area contributed by atoms with Crippen LogP contribution in [0.5, 0.6) is 0 Å². The first-order valence-corrected chi connectivity index (χ1v) is 11.5. The Kier molecular flexibility index (Phi) is 4.77. The summed E-state index contributed by atoms with van der Waals surface area (Å²) in [5.74, 6) is 0. The second-order valence-electron chi connectivity index (χ2n) is 9.44. The molecule has 3 aliphatic heterocycles. The summed E-state index contributed by atoms with van der Waals surface area (Å²) < 4.78 is 14.0. The van der Waals surface area contributed by atoms with Crippen LogP contribution in [0.3, 0.4) is 0 Å². The summed E-state index contributed by atoms with van der Waals surface area (Å²) in [7, 11) is 0. The number of anilines is 2. The number of nitrogens with one attached hydrogen (secondary N) is 2. The number of hydrogen-bond acceptors (Lipinski definition) is 6. The average molecular weight is 433 g/mol. The molecule has 2 aromatic carbocycles. The lowest BCUT2D eigenvalue weighted by molar-refractivity contribution is 0.134. The third-order valence-electron chi connectivity index (χ3n) is 7.34. The van der Waals surface area contributed by atoms with Crippen LogP contribution in [0.15, 0.2) is 42.7 Å². The molecule has 2 N–H and O–H groups in total. The average Bonchev–Trinajstić information content (AvgIpc) is 3.37. The molecular formula is C25H29FN6. The van der Waals surface area contributed by atoms with Gasteiger partial charge in [0.25, 0.3) is 0 Å². The molecule has 2 fully saturated rings. The van der Waals surface area contributed by atoms with Gasteiger partial charge in [0.1, 0.15) is 11.7 Å². The largest absolute Gasteiger partial charge is 0.378 e. The number of nitrogens with zero attached hydrogens (tertiary/aromatic N) is 4. The number of aryl methyl sites for hydroxylation is 1. The van der Waals surface area contributed by atoms with E-state index in [-0.39, 0.29) is 6.04 Å². The third-order valence-corrected chi connectivity index (χ3v) is 7.34. The van der Waals surface area contributed by atoms with Gasteiger partial charge in [0.2, 0.25) is 0 Å². The maximum absolute atomic E-state index is 14.0. The molecule has 6 rings (SSSR count). The van der Waals surface area contributed by atoms with Gasteiger partial charge in [0.05, 0.1) is 23.3 Å². The number of alkyl halides is 1. The molecule has 3 aromatic rings.